The Labute approximate surface area is 72.9 Å². The molecule has 8 heavy (non-hydrogen) atoms. The molecule has 0 fully saturated rings. The van der Waals surface area contributed by atoms with Crippen molar-refractivity contribution in [1.29, 1.82) is 0 Å². The van der Waals surface area contributed by atoms with E-state index in [0.29, 0.717) is 6.42 Å². The molecule has 0 heterocycles. The average Bonchev–Trinajstić information content (AvgIpc) is 1.69. The van der Waals surface area contributed by atoms with Gasteiger partial charge in [-0.3, -0.25) is 8.91 Å². The van der Waals surface area contributed by atoms with Gasteiger partial charge in [0, 0.05) is 6.42 Å². The van der Waals surface area contributed by atoms with Gasteiger partial charge in [-0.05, 0) is 0 Å². The van der Waals surface area contributed by atoms with Crippen molar-refractivity contribution in [3.05, 3.63) is 0 Å². The van der Waals surface area contributed by atoms with Crippen LogP contribution in [0.5, 0.6) is 0 Å². The summed E-state index contributed by atoms with van der Waals surface area (Å²) in [5, 5.41) is 0. The van der Waals surface area contributed by atoms with Gasteiger partial charge in [-0.1, -0.05) is 0 Å². The van der Waals surface area contributed by atoms with Crippen LogP contribution in [0.25, 0.3) is 0 Å². The van der Waals surface area contributed by atoms with Gasteiger partial charge in [0.15, 0.2) is 0 Å². The fraction of sp³-hybridized carbons (Fsp3) is 1.00. The summed E-state index contributed by atoms with van der Waals surface area (Å²) in [5.41, 5.74) is 0. The zero-order valence-electron chi connectivity index (χ0n) is 5.76. The molecule has 0 aromatic rings. The topological polar surface area (TPSA) is 26.3 Å². The molecule has 0 aliphatic rings. The quantitative estimate of drug-likeness (QED) is 0.281. The van der Waals surface area contributed by atoms with Crippen LogP contribution in [-0.4, -0.2) is 13.3 Å². The zero-order chi connectivity index (χ0) is 5.54. The third kappa shape index (κ3) is 10.1. The van der Waals surface area contributed by atoms with Crippen LogP contribution >= 0.6 is 8.69 Å². The Hall–Kier alpha value is 0.990. The van der Waals surface area contributed by atoms with Gasteiger partial charge in [-0.25, -0.2) is 4.57 Å². The Morgan fingerprint density at radius 2 is 2.38 bits per heavy atom. The predicted molar refractivity (Wildman–Crippen MR) is 25.3 cm³/mol. The van der Waals surface area contributed by atoms with E-state index in [1.54, 1.807) is 0 Å². The van der Waals surface area contributed by atoms with Gasteiger partial charge in [-0.15, -0.1) is 0 Å². The van der Waals surface area contributed by atoms with E-state index >= 15 is 0 Å². The van der Waals surface area contributed by atoms with E-state index in [0.717, 1.165) is 0 Å². The van der Waals surface area contributed by atoms with Crippen molar-refractivity contribution in [3.8, 4) is 0 Å². The Kier molecular flexibility index (Phi) is 16.0. The summed E-state index contributed by atoms with van der Waals surface area (Å²) in [6.45, 7) is -0.170. The van der Waals surface area contributed by atoms with Gasteiger partial charge >= 0.3 is 38.2 Å². The average molecular weight is 148 g/mol. The van der Waals surface area contributed by atoms with Gasteiger partial charge < -0.3 is 1.43 Å². The van der Waals surface area contributed by atoms with Crippen LogP contribution in [0.3, 0.4) is 0 Å². The van der Waals surface area contributed by atoms with E-state index in [1.165, 1.54) is 0 Å². The SMILES string of the molecule is O=POCCCF.[H-].[Na+]. The minimum Gasteiger partial charge on any atom is -1.00 e. The number of rotatable bonds is 4. The fourth-order valence-electron chi connectivity index (χ4n) is 0.156. The largest absolute Gasteiger partial charge is 1.00 e. The van der Waals surface area contributed by atoms with E-state index in [9.17, 15) is 8.96 Å². The summed E-state index contributed by atoms with van der Waals surface area (Å²) in [6, 6.07) is 0. The molecule has 0 atom stereocenters. The van der Waals surface area contributed by atoms with Crippen LogP contribution in [0.2, 0.25) is 0 Å². The summed E-state index contributed by atoms with van der Waals surface area (Å²) in [5.74, 6) is 0. The summed E-state index contributed by atoms with van der Waals surface area (Å²) >= 11 is 0. The molecule has 2 nitrogen and oxygen atoms in total. The van der Waals surface area contributed by atoms with Crippen LogP contribution < -0.4 is 29.6 Å². The first-order valence-corrected chi connectivity index (χ1v) is 2.65. The molecular weight excluding hydrogens is 141 g/mol. The molecule has 0 saturated carbocycles. The van der Waals surface area contributed by atoms with Crippen LogP contribution in [0, 0.1) is 0 Å². The second kappa shape index (κ2) is 10.9. The van der Waals surface area contributed by atoms with Gasteiger partial charge in [-0.2, -0.15) is 0 Å². The first kappa shape index (κ1) is 11.7. The number of hydrogen-bond donors (Lipinski definition) is 0. The van der Waals surface area contributed by atoms with Crippen LogP contribution in [0.15, 0.2) is 0 Å². The molecule has 0 amide bonds. The zero-order valence-corrected chi connectivity index (χ0v) is 7.66. The monoisotopic (exact) mass is 148 g/mol. The second-order valence-electron chi connectivity index (χ2n) is 0.950. The van der Waals surface area contributed by atoms with E-state index in [-0.39, 0.29) is 46.3 Å². The Bertz CT molecular complexity index is 59.1. The molecule has 5 heteroatoms. The first-order valence-electron chi connectivity index (χ1n) is 1.92. The standard InChI is InChI=1S/C3H6FO2P.Na.H/c4-2-1-3-6-7-5;;/h1-3H2;;/q;+1;-1. The molecule has 0 aliphatic carbocycles. The maximum Gasteiger partial charge on any atom is 1.00 e. The van der Waals surface area contributed by atoms with Gasteiger partial charge in [0.05, 0.1) is 13.3 Å². The third-order valence-electron chi connectivity index (χ3n) is 0.422. The predicted octanol–water partition coefficient (Wildman–Crippen LogP) is -1.31. The molecule has 0 saturated heterocycles. The molecule has 0 aliphatic heterocycles. The minimum absolute atomic E-state index is 0. The van der Waals surface area contributed by atoms with E-state index < -0.39 is 6.67 Å². The molecule has 0 aromatic carbocycles. The summed E-state index contributed by atoms with van der Waals surface area (Å²) < 4.78 is 24.8. The molecule has 0 rings (SSSR count). The number of alkyl halides is 1. The van der Waals surface area contributed by atoms with Crippen molar-refractivity contribution in [3.63, 3.8) is 0 Å². The van der Waals surface area contributed by atoms with Crippen molar-refractivity contribution in [2.75, 3.05) is 13.3 Å². The normalized spacial score (nSPS) is 8.62. The number of halogens is 1. The van der Waals surface area contributed by atoms with Crippen LogP contribution in [0.4, 0.5) is 4.39 Å². The van der Waals surface area contributed by atoms with Crippen molar-refractivity contribution < 1.29 is 44.5 Å². The van der Waals surface area contributed by atoms with Crippen molar-refractivity contribution >= 4 is 8.69 Å². The van der Waals surface area contributed by atoms with Crippen molar-refractivity contribution in [2.24, 2.45) is 0 Å². The molecule has 0 N–H and O–H groups in total. The molecule has 44 valence electrons. The molecule has 0 unspecified atom stereocenters. The maximum absolute atomic E-state index is 11.1. The van der Waals surface area contributed by atoms with Gasteiger partial charge in [0.2, 0.25) is 0 Å². The molecular formula is C3H7FNaO2P. The maximum atomic E-state index is 11.1. The Morgan fingerprint density at radius 1 is 1.75 bits per heavy atom. The van der Waals surface area contributed by atoms with E-state index in [4.69, 9.17) is 0 Å². The summed E-state index contributed by atoms with van der Waals surface area (Å²) in [7, 11) is -0.362. The van der Waals surface area contributed by atoms with Crippen molar-refractivity contribution in [1.82, 2.24) is 0 Å². The molecule has 0 radical (unpaired) electrons. The molecule has 0 spiro atoms. The van der Waals surface area contributed by atoms with Gasteiger partial charge in [0.1, 0.15) is 0 Å². The van der Waals surface area contributed by atoms with Crippen LogP contribution in [-0.2, 0) is 9.09 Å². The minimum atomic E-state index is -0.407. The number of hydrogen-bond acceptors (Lipinski definition) is 2. The van der Waals surface area contributed by atoms with Crippen molar-refractivity contribution in [2.45, 2.75) is 6.42 Å². The molecule has 0 aromatic heterocycles. The Morgan fingerprint density at radius 3 is 2.75 bits per heavy atom. The van der Waals surface area contributed by atoms with E-state index in [1.807, 2.05) is 0 Å². The fourth-order valence-corrected chi connectivity index (χ4v) is 0.360. The third-order valence-corrected chi connectivity index (χ3v) is 0.710. The first-order chi connectivity index (χ1) is 3.41. The van der Waals surface area contributed by atoms with Gasteiger partial charge in [0.25, 0.3) is 0 Å². The molecule has 0 bridgehead atoms. The van der Waals surface area contributed by atoms with E-state index in [2.05, 4.69) is 4.52 Å². The summed E-state index contributed by atoms with van der Waals surface area (Å²) in [4.78, 5) is 0. The summed E-state index contributed by atoms with van der Waals surface area (Å²) in [6.07, 6.45) is 0.329. The second-order valence-corrected chi connectivity index (χ2v) is 1.36. The smallest absolute Gasteiger partial charge is 1.00 e. The van der Waals surface area contributed by atoms with Crippen LogP contribution in [0.1, 0.15) is 7.85 Å². The Balaban J connectivity index is -0.000000180.